The van der Waals surface area contributed by atoms with Crippen LogP contribution in [0.1, 0.15) is 24.2 Å². The van der Waals surface area contributed by atoms with Crippen LogP contribution < -0.4 is 0 Å². The van der Waals surface area contributed by atoms with Gasteiger partial charge >= 0.3 is 0 Å². The van der Waals surface area contributed by atoms with Crippen molar-refractivity contribution in [3.05, 3.63) is 60.2 Å². The van der Waals surface area contributed by atoms with Gasteiger partial charge in [0.2, 0.25) is 0 Å². The normalized spacial score (nSPS) is 11.3. The van der Waals surface area contributed by atoms with Crippen LogP contribution in [0.4, 0.5) is 0 Å². The molecule has 0 radical (unpaired) electrons. The maximum absolute atomic E-state index is 12.2. The van der Waals surface area contributed by atoms with E-state index >= 15 is 0 Å². The van der Waals surface area contributed by atoms with E-state index in [0.717, 1.165) is 11.1 Å². The first-order valence-corrected chi connectivity index (χ1v) is 6.30. The molecule has 0 bridgehead atoms. The lowest BCUT2D eigenvalue weighted by Crippen LogP contribution is -2.33. The Morgan fingerprint density at radius 3 is 1.95 bits per heavy atom. The lowest BCUT2D eigenvalue weighted by molar-refractivity contribution is 0.0228. The van der Waals surface area contributed by atoms with Crippen molar-refractivity contribution < 1.29 is 9.53 Å². The lowest BCUT2D eigenvalue weighted by Gasteiger charge is -2.21. The van der Waals surface area contributed by atoms with Gasteiger partial charge in [-0.2, -0.15) is 0 Å². The molecule has 0 N–H and O–H groups in total. The van der Waals surface area contributed by atoms with E-state index in [-0.39, 0.29) is 5.78 Å². The Morgan fingerprint density at radius 2 is 1.42 bits per heavy atom. The van der Waals surface area contributed by atoms with Gasteiger partial charge in [-0.3, -0.25) is 4.79 Å². The molecule has 2 heteroatoms. The van der Waals surface area contributed by atoms with Crippen molar-refractivity contribution in [3.63, 3.8) is 0 Å². The zero-order chi connectivity index (χ0) is 13.9. The Labute approximate surface area is 114 Å². The Hall–Kier alpha value is -1.93. The van der Waals surface area contributed by atoms with E-state index in [2.05, 4.69) is 12.1 Å². The first kappa shape index (κ1) is 13.5. The standard InChI is InChI=1S/C17H18O2/c1-17(2,19-3)16(18)15-11-9-14(10-12-15)13-7-5-4-6-8-13/h4-12H,1-3H3. The number of methoxy groups -OCH3 is 1. The van der Waals surface area contributed by atoms with E-state index in [4.69, 9.17) is 4.74 Å². The molecular formula is C17H18O2. The fraction of sp³-hybridized carbons (Fsp3) is 0.235. The SMILES string of the molecule is COC(C)(C)C(=O)c1ccc(-c2ccccc2)cc1. The van der Waals surface area contributed by atoms with Crippen LogP contribution in [0.2, 0.25) is 0 Å². The van der Waals surface area contributed by atoms with Crippen molar-refractivity contribution in [3.8, 4) is 11.1 Å². The van der Waals surface area contributed by atoms with Crippen molar-refractivity contribution in [1.82, 2.24) is 0 Å². The summed E-state index contributed by atoms with van der Waals surface area (Å²) in [7, 11) is 1.55. The van der Waals surface area contributed by atoms with E-state index < -0.39 is 5.60 Å². The smallest absolute Gasteiger partial charge is 0.194 e. The number of carbonyl (C=O) groups is 1. The number of benzene rings is 2. The topological polar surface area (TPSA) is 26.3 Å². The highest BCUT2D eigenvalue weighted by molar-refractivity contribution is 6.02. The molecular weight excluding hydrogens is 236 g/mol. The molecule has 19 heavy (non-hydrogen) atoms. The molecule has 2 aromatic carbocycles. The van der Waals surface area contributed by atoms with Crippen LogP contribution in [0.25, 0.3) is 11.1 Å². The average Bonchev–Trinajstić information content (AvgIpc) is 2.47. The van der Waals surface area contributed by atoms with E-state index in [1.54, 1.807) is 21.0 Å². The minimum atomic E-state index is -0.783. The third kappa shape index (κ3) is 2.91. The van der Waals surface area contributed by atoms with Gasteiger partial charge in [-0.25, -0.2) is 0 Å². The second-order valence-electron chi connectivity index (χ2n) is 4.99. The van der Waals surface area contributed by atoms with Gasteiger partial charge in [-0.05, 0) is 25.0 Å². The third-order valence-corrected chi connectivity index (χ3v) is 3.31. The molecule has 0 amide bonds. The number of carbonyl (C=O) groups excluding carboxylic acids is 1. The summed E-state index contributed by atoms with van der Waals surface area (Å²) in [6, 6.07) is 17.7. The minimum Gasteiger partial charge on any atom is -0.371 e. The van der Waals surface area contributed by atoms with Crippen molar-refractivity contribution in [2.75, 3.05) is 7.11 Å². The highest BCUT2D eigenvalue weighted by Gasteiger charge is 2.27. The minimum absolute atomic E-state index is 0.00499. The zero-order valence-corrected chi connectivity index (χ0v) is 11.5. The monoisotopic (exact) mass is 254 g/mol. The van der Waals surface area contributed by atoms with Crippen LogP contribution in [-0.4, -0.2) is 18.5 Å². The van der Waals surface area contributed by atoms with Crippen LogP contribution in [0.5, 0.6) is 0 Å². The van der Waals surface area contributed by atoms with Gasteiger partial charge in [-0.1, -0.05) is 54.6 Å². The zero-order valence-electron chi connectivity index (χ0n) is 11.5. The van der Waals surface area contributed by atoms with Gasteiger partial charge in [0.25, 0.3) is 0 Å². The largest absolute Gasteiger partial charge is 0.371 e. The predicted octanol–water partition coefficient (Wildman–Crippen LogP) is 3.96. The number of hydrogen-bond acceptors (Lipinski definition) is 2. The van der Waals surface area contributed by atoms with Crippen LogP contribution >= 0.6 is 0 Å². The summed E-state index contributed by atoms with van der Waals surface area (Å²) in [6.45, 7) is 3.56. The quantitative estimate of drug-likeness (QED) is 0.772. The molecule has 0 saturated heterocycles. The molecule has 0 unspecified atom stereocenters. The van der Waals surface area contributed by atoms with Crippen molar-refractivity contribution in [2.24, 2.45) is 0 Å². The molecule has 2 aromatic rings. The molecule has 0 spiro atoms. The van der Waals surface area contributed by atoms with Gasteiger partial charge in [0.15, 0.2) is 5.78 Å². The highest BCUT2D eigenvalue weighted by atomic mass is 16.5. The van der Waals surface area contributed by atoms with E-state index in [1.807, 2.05) is 42.5 Å². The van der Waals surface area contributed by atoms with Crippen LogP contribution in [-0.2, 0) is 4.74 Å². The summed E-state index contributed by atoms with van der Waals surface area (Å²) < 4.78 is 5.22. The first-order valence-electron chi connectivity index (χ1n) is 6.30. The first-order chi connectivity index (χ1) is 9.04. The molecule has 0 atom stereocenters. The fourth-order valence-corrected chi connectivity index (χ4v) is 1.88. The van der Waals surface area contributed by atoms with Crippen LogP contribution in [0, 0.1) is 0 Å². The van der Waals surface area contributed by atoms with Gasteiger partial charge in [0.05, 0.1) is 0 Å². The van der Waals surface area contributed by atoms with Gasteiger partial charge in [0, 0.05) is 12.7 Å². The maximum Gasteiger partial charge on any atom is 0.194 e. The summed E-state index contributed by atoms with van der Waals surface area (Å²) in [6.07, 6.45) is 0. The Morgan fingerprint density at radius 1 is 0.895 bits per heavy atom. The number of rotatable bonds is 4. The second kappa shape index (κ2) is 5.37. The molecule has 2 nitrogen and oxygen atoms in total. The molecule has 0 fully saturated rings. The van der Waals surface area contributed by atoms with E-state index in [9.17, 15) is 4.79 Å². The molecule has 0 aromatic heterocycles. The lowest BCUT2D eigenvalue weighted by atomic mass is 9.95. The number of hydrogen-bond donors (Lipinski definition) is 0. The van der Waals surface area contributed by atoms with Crippen molar-refractivity contribution >= 4 is 5.78 Å². The summed E-state index contributed by atoms with van der Waals surface area (Å²) >= 11 is 0. The average molecular weight is 254 g/mol. The molecule has 0 heterocycles. The summed E-state index contributed by atoms with van der Waals surface area (Å²) in [5, 5.41) is 0. The van der Waals surface area contributed by atoms with Crippen molar-refractivity contribution in [1.29, 1.82) is 0 Å². The van der Waals surface area contributed by atoms with Gasteiger partial charge in [0.1, 0.15) is 5.60 Å². The molecule has 2 rings (SSSR count). The maximum atomic E-state index is 12.2. The highest BCUT2D eigenvalue weighted by Crippen LogP contribution is 2.22. The Bertz CT molecular complexity index is 554. The van der Waals surface area contributed by atoms with Crippen LogP contribution in [0.15, 0.2) is 54.6 Å². The Balaban J connectivity index is 2.27. The van der Waals surface area contributed by atoms with Gasteiger partial charge < -0.3 is 4.74 Å². The number of Topliss-reactive ketones (excluding diaryl/α,β-unsaturated/α-hetero) is 1. The summed E-state index contributed by atoms with van der Waals surface area (Å²) in [5.74, 6) is -0.00499. The van der Waals surface area contributed by atoms with Crippen LogP contribution in [0.3, 0.4) is 0 Å². The van der Waals surface area contributed by atoms with E-state index in [0.29, 0.717) is 5.56 Å². The number of ether oxygens (including phenoxy) is 1. The second-order valence-corrected chi connectivity index (χ2v) is 4.99. The third-order valence-electron chi connectivity index (χ3n) is 3.31. The summed E-state index contributed by atoms with van der Waals surface area (Å²) in [5.41, 5.74) is 2.14. The van der Waals surface area contributed by atoms with Crippen molar-refractivity contribution in [2.45, 2.75) is 19.4 Å². The molecule has 0 aliphatic rings. The van der Waals surface area contributed by atoms with E-state index in [1.165, 1.54) is 0 Å². The van der Waals surface area contributed by atoms with Gasteiger partial charge in [-0.15, -0.1) is 0 Å². The summed E-state index contributed by atoms with van der Waals surface area (Å²) in [4.78, 5) is 12.2. The Kier molecular flexibility index (Phi) is 3.82. The molecule has 98 valence electrons. The molecule has 0 aliphatic carbocycles. The molecule has 0 saturated carbocycles. The fourth-order valence-electron chi connectivity index (χ4n) is 1.88. The molecule has 0 aliphatic heterocycles. The predicted molar refractivity (Wildman–Crippen MR) is 77.3 cm³/mol. The number of ketones is 1.